The van der Waals surface area contributed by atoms with Gasteiger partial charge in [0.25, 0.3) is 5.91 Å². The summed E-state index contributed by atoms with van der Waals surface area (Å²) in [5, 5.41) is 9.46. The largest absolute Gasteiger partial charge is 0.352 e. The lowest BCUT2D eigenvalue weighted by molar-refractivity contribution is 0.0934. The first kappa shape index (κ1) is 21.6. The number of hydrogen-bond donors (Lipinski definition) is 1. The summed E-state index contributed by atoms with van der Waals surface area (Å²) >= 11 is 1.79. The first-order valence-electron chi connectivity index (χ1n) is 10.5. The Balaban J connectivity index is 1.36. The molecule has 3 aromatic rings. The topological polar surface area (TPSA) is 50.2 Å². The number of nitrogens with one attached hydrogen (secondary N) is 1. The first-order chi connectivity index (χ1) is 14.9. The van der Waals surface area contributed by atoms with Crippen molar-refractivity contribution < 1.29 is 13.6 Å². The number of carbonyl (C=O) groups excluding carboxylic acids is 1. The van der Waals surface area contributed by atoms with E-state index in [1.165, 1.54) is 21.7 Å². The third-order valence-corrected chi connectivity index (χ3v) is 6.74. The number of nitrogens with zero attached hydrogens (tertiary/aromatic N) is 3. The van der Waals surface area contributed by atoms with Gasteiger partial charge in [0.15, 0.2) is 5.82 Å². The fourth-order valence-corrected chi connectivity index (χ4v) is 4.90. The molecule has 8 heteroatoms. The van der Waals surface area contributed by atoms with Crippen LogP contribution in [0.1, 0.15) is 39.5 Å². The van der Waals surface area contributed by atoms with Crippen molar-refractivity contribution in [1.29, 1.82) is 0 Å². The molecule has 2 aromatic heterocycles. The van der Waals surface area contributed by atoms with Crippen LogP contribution in [0.4, 0.5) is 8.78 Å². The third kappa shape index (κ3) is 4.85. The van der Waals surface area contributed by atoms with Gasteiger partial charge in [0.2, 0.25) is 0 Å². The fourth-order valence-electron chi connectivity index (χ4n) is 4.16. The lowest BCUT2D eigenvalue weighted by atomic mass is 9.96. The Morgan fingerprint density at radius 3 is 2.68 bits per heavy atom. The molecule has 1 amide bonds. The third-order valence-electron chi connectivity index (χ3n) is 5.87. The monoisotopic (exact) mass is 444 g/mol. The lowest BCUT2D eigenvalue weighted by Crippen LogP contribution is -2.38. The van der Waals surface area contributed by atoms with Gasteiger partial charge in [-0.05, 0) is 69.3 Å². The normalized spacial score (nSPS) is 15.4. The quantitative estimate of drug-likeness (QED) is 0.610. The van der Waals surface area contributed by atoms with E-state index in [0.29, 0.717) is 29.4 Å². The van der Waals surface area contributed by atoms with Crippen molar-refractivity contribution in [3.8, 4) is 5.69 Å². The molecule has 4 rings (SSSR count). The molecule has 0 aliphatic carbocycles. The van der Waals surface area contributed by atoms with Gasteiger partial charge in [0.1, 0.15) is 11.5 Å². The number of piperidine rings is 1. The maximum atomic E-state index is 14.2. The highest BCUT2D eigenvalue weighted by Gasteiger charge is 2.24. The Bertz CT molecular complexity index is 1060. The zero-order valence-corrected chi connectivity index (χ0v) is 18.5. The van der Waals surface area contributed by atoms with Crippen molar-refractivity contribution in [3.63, 3.8) is 0 Å². The molecule has 31 heavy (non-hydrogen) atoms. The molecular weight excluding hydrogens is 418 g/mol. The van der Waals surface area contributed by atoms with Gasteiger partial charge < -0.3 is 5.32 Å². The predicted octanol–water partition coefficient (Wildman–Crippen LogP) is 4.47. The number of amides is 1. The summed E-state index contributed by atoms with van der Waals surface area (Å²) in [6.45, 7) is 7.11. The van der Waals surface area contributed by atoms with Gasteiger partial charge in [0, 0.05) is 24.0 Å². The van der Waals surface area contributed by atoms with Crippen LogP contribution < -0.4 is 5.32 Å². The zero-order chi connectivity index (χ0) is 22.0. The van der Waals surface area contributed by atoms with Crippen LogP contribution in [0.3, 0.4) is 0 Å². The molecular formula is C23H26F2N4OS. The van der Waals surface area contributed by atoms with Gasteiger partial charge in [-0.2, -0.15) is 5.10 Å². The van der Waals surface area contributed by atoms with E-state index < -0.39 is 11.6 Å². The van der Waals surface area contributed by atoms with Crippen molar-refractivity contribution >= 4 is 17.2 Å². The molecule has 1 aromatic carbocycles. The smallest absolute Gasteiger partial charge is 0.255 e. The summed E-state index contributed by atoms with van der Waals surface area (Å²) in [6.07, 6.45) is 2.09. The van der Waals surface area contributed by atoms with Crippen LogP contribution in [0.2, 0.25) is 0 Å². The van der Waals surface area contributed by atoms with Crippen molar-refractivity contribution in [3.05, 3.63) is 69.2 Å². The van der Waals surface area contributed by atoms with E-state index in [9.17, 15) is 13.6 Å². The van der Waals surface area contributed by atoms with E-state index in [4.69, 9.17) is 0 Å². The summed E-state index contributed by atoms with van der Waals surface area (Å²) in [5.41, 5.74) is 1.62. The molecule has 164 valence electrons. The number of benzene rings is 1. The van der Waals surface area contributed by atoms with E-state index in [2.05, 4.69) is 32.8 Å². The molecule has 0 spiro atoms. The van der Waals surface area contributed by atoms with Gasteiger partial charge in [-0.3, -0.25) is 9.69 Å². The van der Waals surface area contributed by atoms with Crippen LogP contribution >= 0.6 is 11.3 Å². The standard InChI is InChI=1S/C23H26F2N4OS/c1-15-22(16(2)29(27-15)21-6-5-18(24)12-20(21)25)23(30)26-13-17-7-9-28(10-8-17)14-19-4-3-11-31-19/h3-6,11-12,17H,7-10,13-14H2,1-2H3,(H,26,30). The van der Waals surface area contributed by atoms with Gasteiger partial charge in [-0.25, -0.2) is 13.5 Å². The van der Waals surface area contributed by atoms with Gasteiger partial charge in [0.05, 0.1) is 17.0 Å². The summed E-state index contributed by atoms with van der Waals surface area (Å²) in [7, 11) is 0. The Kier molecular flexibility index (Phi) is 6.48. The summed E-state index contributed by atoms with van der Waals surface area (Å²) in [4.78, 5) is 16.7. The summed E-state index contributed by atoms with van der Waals surface area (Å²) < 4.78 is 28.8. The molecule has 1 aliphatic rings. The molecule has 0 bridgehead atoms. The van der Waals surface area contributed by atoms with Crippen molar-refractivity contribution in [2.45, 2.75) is 33.2 Å². The molecule has 1 aliphatic heterocycles. The van der Waals surface area contributed by atoms with Crippen LogP contribution in [0.15, 0.2) is 35.7 Å². The van der Waals surface area contributed by atoms with E-state index >= 15 is 0 Å². The Morgan fingerprint density at radius 2 is 2.00 bits per heavy atom. The van der Waals surface area contributed by atoms with E-state index in [0.717, 1.165) is 38.5 Å². The Hall–Kier alpha value is -2.58. The molecule has 3 heterocycles. The van der Waals surface area contributed by atoms with Crippen molar-refractivity contribution in [1.82, 2.24) is 20.0 Å². The number of halogens is 2. The summed E-state index contributed by atoms with van der Waals surface area (Å²) in [6, 6.07) is 7.57. The average molecular weight is 445 g/mol. The number of hydrogen-bond acceptors (Lipinski definition) is 4. The molecule has 1 fully saturated rings. The highest BCUT2D eigenvalue weighted by molar-refractivity contribution is 7.09. The SMILES string of the molecule is Cc1nn(-c2ccc(F)cc2F)c(C)c1C(=O)NCC1CCN(Cc2cccs2)CC1. The predicted molar refractivity (Wildman–Crippen MR) is 118 cm³/mol. The molecule has 1 N–H and O–H groups in total. The van der Waals surface area contributed by atoms with E-state index in [1.807, 2.05) is 0 Å². The van der Waals surface area contributed by atoms with E-state index in [1.54, 1.807) is 25.2 Å². The molecule has 0 radical (unpaired) electrons. The molecule has 0 atom stereocenters. The van der Waals surface area contributed by atoms with Gasteiger partial charge in [-0.1, -0.05) is 6.07 Å². The maximum absolute atomic E-state index is 14.2. The zero-order valence-electron chi connectivity index (χ0n) is 17.7. The number of carbonyl (C=O) groups is 1. The number of rotatable bonds is 6. The molecule has 1 saturated heterocycles. The molecule has 0 saturated carbocycles. The number of aryl methyl sites for hydroxylation is 1. The highest BCUT2D eigenvalue weighted by Crippen LogP contribution is 2.22. The average Bonchev–Trinajstić information content (AvgIpc) is 3.35. The minimum atomic E-state index is -0.716. The lowest BCUT2D eigenvalue weighted by Gasteiger charge is -2.31. The van der Waals surface area contributed by atoms with Crippen LogP contribution in [0.5, 0.6) is 0 Å². The Morgan fingerprint density at radius 1 is 1.23 bits per heavy atom. The molecule has 0 unspecified atom stereocenters. The number of likely N-dealkylation sites (tertiary alicyclic amines) is 1. The number of aromatic nitrogens is 2. The van der Waals surface area contributed by atoms with Crippen LogP contribution in [-0.2, 0) is 6.54 Å². The summed E-state index contributed by atoms with van der Waals surface area (Å²) in [5.74, 6) is -1.13. The van der Waals surface area contributed by atoms with Crippen molar-refractivity contribution in [2.75, 3.05) is 19.6 Å². The minimum absolute atomic E-state index is 0.124. The second-order valence-electron chi connectivity index (χ2n) is 8.06. The van der Waals surface area contributed by atoms with Gasteiger partial charge >= 0.3 is 0 Å². The van der Waals surface area contributed by atoms with Gasteiger partial charge in [-0.15, -0.1) is 11.3 Å². The van der Waals surface area contributed by atoms with Crippen molar-refractivity contribution in [2.24, 2.45) is 5.92 Å². The first-order valence-corrected chi connectivity index (χ1v) is 11.3. The second kappa shape index (κ2) is 9.28. The highest BCUT2D eigenvalue weighted by atomic mass is 32.1. The van der Waals surface area contributed by atoms with Crippen LogP contribution in [0, 0.1) is 31.4 Å². The number of thiophene rings is 1. The minimum Gasteiger partial charge on any atom is -0.352 e. The fraction of sp³-hybridized carbons (Fsp3) is 0.391. The second-order valence-corrected chi connectivity index (χ2v) is 9.09. The Labute approximate surface area is 184 Å². The van der Waals surface area contributed by atoms with Crippen LogP contribution in [-0.4, -0.2) is 40.2 Å². The molecule has 5 nitrogen and oxygen atoms in total. The van der Waals surface area contributed by atoms with Crippen LogP contribution in [0.25, 0.3) is 5.69 Å². The maximum Gasteiger partial charge on any atom is 0.255 e. The van der Waals surface area contributed by atoms with E-state index in [-0.39, 0.29) is 11.6 Å².